The summed E-state index contributed by atoms with van der Waals surface area (Å²) in [6, 6.07) is 17.9. The van der Waals surface area contributed by atoms with Crippen LogP contribution in [0.25, 0.3) is 0 Å². The third-order valence-corrected chi connectivity index (χ3v) is 8.77. The molecule has 7 nitrogen and oxygen atoms in total. The smallest absolute Gasteiger partial charge is 0.264 e. The van der Waals surface area contributed by atoms with E-state index >= 15 is 0 Å². The first-order valence-electron chi connectivity index (χ1n) is 12.8. The third kappa shape index (κ3) is 7.19. The van der Waals surface area contributed by atoms with E-state index in [-0.39, 0.29) is 23.4 Å². The number of nitrogens with one attached hydrogen (secondary N) is 1. The number of nitrogens with zero attached hydrogens (tertiary/aromatic N) is 2. The molecule has 3 rings (SSSR count). The highest BCUT2D eigenvalue weighted by Gasteiger charge is 2.33. The molecule has 0 aliphatic rings. The van der Waals surface area contributed by atoms with Crippen LogP contribution in [0.2, 0.25) is 5.02 Å². The second-order valence-electron chi connectivity index (χ2n) is 10.00. The highest BCUT2D eigenvalue weighted by atomic mass is 35.5. The van der Waals surface area contributed by atoms with Gasteiger partial charge in [0.2, 0.25) is 11.8 Å². The first-order chi connectivity index (χ1) is 18.3. The van der Waals surface area contributed by atoms with Gasteiger partial charge in [0.25, 0.3) is 10.0 Å². The minimum atomic E-state index is -4.13. The summed E-state index contributed by atoms with van der Waals surface area (Å²) in [5, 5.41) is 3.29. The van der Waals surface area contributed by atoms with Crippen LogP contribution in [-0.2, 0) is 26.2 Å². The fourth-order valence-electron chi connectivity index (χ4n) is 4.15. The van der Waals surface area contributed by atoms with Crippen LogP contribution < -0.4 is 9.62 Å². The van der Waals surface area contributed by atoms with Gasteiger partial charge in [-0.2, -0.15) is 0 Å². The fourth-order valence-corrected chi connectivity index (χ4v) is 5.82. The monoisotopic (exact) mass is 569 g/mol. The minimum Gasteiger partial charge on any atom is -0.352 e. The van der Waals surface area contributed by atoms with Gasteiger partial charge >= 0.3 is 0 Å². The van der Waals surface area contributed by atoms with Crippen LogP contribution in [0.5, 0.6) is 0 Å². The Hall–Kier alpha value is -3.36. The first kappa shape index (κ1) is 30.2. The lowest BCUT2D eigenvalue weighted by Gasteiger charge is -2.33. The number of rotatable bonds is 10. The Morgan fingerprint density at radius 2 is 1.54 bits per heavy atom. The largest absolute Gasteiger partial charge is 0.352 e. The number of amides is 2. The molecular formula is C30H36ClN3O4S. The van der Waals surface area contributed by atoms with Gasteiger partial charge in [-0.3, -0.25) is 13.9 Å². The van der Waals surface area contributed by atoms with Gasteiger partial charge in [-0.05, 0) is 82.5 Å². The van der Waals surface area contributed by atoms with Gasteiger partial charge in [-0.15, -0.1) is 0 Å². The summed E-state index contributed by atoms with van der Waals surface area (Å²) in [6.45, 7) is 10.4. The first-order valence-corrected chi connectivity index (χ1v) is 14.6. The summed E-state index contributed by atoms with van der Waals surface area (Å²) in [5.41, 5.74) is 3.60. The molecule has 0 radical (unpaired) electrons. The van der Waals surface area contributed by atoms with Crippen LogP contribution >= 0.6 is 11.6 Å². The molecule has 0 spiro atoms. The SMILES string of the molecule is Cc1ccc(S(=O)(=O)N(CC(=O)N(Cc2ccccc2Cl)C(C)C(=O)NC(C)C)c2cccc(C)c2C)cc1. The molecule has 0 saturated carbocycles. The van der Waals surface area contributed by atoms with Crippen molar-refractivity contribution in [2.45, 2.75) is 65.1 Å². The molecule has 0 aliphatic heterocycles. The summed E-state index contributed by atoms with van der Waals surface area (Å²) < 4.78 is 29.1. The Kier molecular flexibility index (Phi) is 9.80. The van der Waals surface area contributed by atoms with Gasteiger partial charge in [-0.1, -0.05) is 59.6 Å². The maximum Gasteiger partial charge on any atom is 0.264 e. The molecule has 39 heavy (non-hydrogen) atoms. The van der Waals surface area contributed by atoms with Crippen LogP contribution in [0, 0.1) is 20.8 Å². The van der Waals surface area contributed by atoms with Crippen molar-refractivity contribution >= 4 is 39.1 Å². The van der Waals surface area contributed by atoms with Gasteiger partial charge in [0.1, 0.15) is 12.6 Å². The van der Waals surface area contributed by atoms with Crippen molar-refractivity contribution in [1.29, 1.82) is 0 Å². The molecule has 9 heteroatoms. The zero-order chi connectivity index (χ0) is 28.9. The molecule has 1 unspecified atom stereocenters. The quantitative estimate of drug-likeness (QED) is 0.354. The molecular weight excluding hydrogens is 534 g/mol. The summed E-state index contributed by atoms with van der Waals surface area (Å²) in [7, 11) is -4.13. The summed E-state index contributed by atoms with van der Waals surface area (Å²) in [6.07, 6.45) is 0. The normalized spacial score (nSPS) is 12.2. The lowest BCUT2D eigenvalue weighted by atomic mass is 10.1. The Labute approximate surface area is 236 Å². The number of aryl methyl sites for hydroxylation is 2. The maximum absolute atomic E-state index is 14.0. The molecule has 3 aromatic rings. The average molecular weight is 570 g/mol. The van der Waals surface area contributed by atoms with Crippen LogP contribution in [0.1, 0.15) is 43.0 Å². The van der Waals surface area contributed by atoms with E-state index in [0.717, 1.165) is 21.0 Å². The Bertz CT molecular complexity index is 1440. The lowest BCUT2D eigenvalue weighted by Crippen LogP contribution is -2.52. The molecule has 2 amide bonds. The maximum atomic E-state index is 14.0. The van der Waals surface area contributed by atoms with E-state index in [1.807, 2.05) is 40.7 Å². The number of anilines is 1. The van der Waals surface area contributed by atoms with E-state index in [0.29, 0.717) is 16.3 Å². The number of carbonyl (C=O) groups excluding carboxylic acids is 2. The number of carbonyl (C=O) groups is 2. The number of halogens is 1. The topological polar surface area (TPSA) is 86.8 Å². The van der Waals surface area contributed by atoms with Gasteiger partial charge in [0.05, 0.1) is 10.6 Å². The number of hydrogen-bond acceptors (Lipinski definition) is 4. The van der Waals surface area contributed by atoms with Gasteiger partial charge < -0.3 is 10.2 Å². The van der Waals surface area contributed by atoms with Crippen LogP contribution in [0.15, 0.2) is 71.6 Å². The number of hydrogen-bond donors (Lipinski definition) is 1. The van der Waals surface area contributed by atoms with Gasteiger partial charge in [0.15, 0.2) is 0 Å². The van der Waals surface area contributed by atoms with Crippen LogP contribution in [0.4, 0.5) is 5.69 Å². The Balaban J connectivity index is 2.09. The number of sulfonamides is 1. The van der Waals surface area contributed by atoms with Crippen LogP contribution in [-0.4, -0.2) is 43.8 Å². The van der Waals surface area contributed by atoms with Crippen LogP contribution in [0.3, 0.4) is 0 Å². The summed E-state index contributed by atoms with van der Waals surface area (Å²) in [5.74, 6) is -0.872. The van der Waals surface area contributed by atoms with Gasteiger partial charge in [-0.25, -0.2) is 8.42 Å². The second-order valence-corrected chi connectivity index (χ2v) is 12.3. The highest BCUT2D eigenvalue weighted by molar-refractivity contribution is 7.92. The zero-order valence-electron chi connectivity index (χ0n) is 23.2. The minimum absolute atomic E-state index is 0.0381. The van der Waals surface area contributed by atoms with Gasteiger partial charge in [0, 0.05) is 17.6 Å². The summed E-state index contributed by atoms with van der Waals surface area (Å²) in [4.78, 5) is 28.5. The molecule has 0 saturated heterocycles. The van der Waals surface area contributed by atoms with Crippen molar-refractivity contribution in [3.05, 3.63) is 94.0 Å². The van der Waals surface area contributed by atoms with Crippen molar-refractivity contribution in [1.82, 2.24) is 10.2 Å². The summed E-state index contributed by atoms with van der Waals surface area (Å²) >= 11 is 6.40. The van der Waals surface area contributed by atoms with Crippen molar-refractivity contribution < 1.29 is 18.0 Å². The molecule has 208 valence electrons. The van der Waals surface area contributed by atoms with Crippen molar-refractivity contribution in [3.8, 4) is 0 Å². The second kappa shape index (κ2) is 12.7. The van der Waals surface area contributed by atoms with Crippen molar-refractivity contribution in [3.63, 3.8) is 0 Å². The molecule has 0 aromatic heterocycles. The molecule has 1 atom stereocenters. The van der Waals surface area contributed by atoms with E-state index in [4.69, 9.17) is 11.6 Å². The average Bonchev–Trinajstić information content (AvgIpc) is 2.88. The predicted molar refractivity (Wildman–Crippen MR) is 156 cm³/mol. The third-order valence-electron chi connectivity index (χ3n) is 6.63. The Morgan fingerprint density at radius 3 is 2.15 bits per heavy atom. The van der Waals surface area contributed by atoms with E-state index < -0.39 is 28.5 Å². The highest BCUT2D eigenvalue weighted by Crippen LogP contribution is 2.29. The van der Waals surface area contributed by atoms with Crippen molar-refractivity contribution in [2.75, 3.05) is 10.8 Å². The lowest BCUT2D eigenvalue weighted by molar-refractivity contribution is -0.139. The number of benzene rings is 3. The zero-order valence-corrected chi connectivity index (χ0v) is 24.8. The van der Waals surface area contributed by atoms with E-state index in [9.17, 15) is 18.0 Å². The molecule has 3 aromatic carbocycles. The Morgan fingerprint density at radius 1 is 0.897 bits per heavy atom. The molecule has 1 N–H and O–H groups in total. The molecule has 0 heterocycles. The van der Waals surface area contributed by atoms with E-state index in [2.05, 4.69) is 5.32 Å². The molecule has 0 bridgehead atoms. The fraction of sp³-hybridized carbons (Fsp3) is 0.333. The molecule has 0 fully saturated rings. The van der Waals surface area contributed by atoms with E-state index in [1.54, 1.807) is 55.5 Å². The van der Waals surface area contributed by atoms with E-state index in [1.165, 1.54) is 17.0 Å². The molecule has 0 aliphatic carbocycles. The van der Waals surface area contributed by atoms with Crippen molar-refractivity contribution in [2.24, 2.45) is 0 Å². The predicted octanol–water partition coefficient (Wildman–Crippen LogP) is 5.40. The standard InChI is InChI=1S/C30H36ClN3O4S/c1-20(2)32-30(36)24(6)33(18-25-11-7-8-12-27(25)31)29(35)19-34(28-13-9-10-22(4)23(28)5)39(37,38)26-16-14-21(3)15-17-26/h7-17,20,24H,18-19H2,1-6H3,(H,32,36).